The fraction of sp³-hybridized carbons (Fsp3) is 0.154. The van der Waals surface area contributed by atoms with Crippen molar-refractivity contribution in [3.8, 4) is 0 Å². The Morgan fingerprint density at radius 3 is 3.05 bits per heavy atom. The number of benzene rings is 1. The Balaban J connectivity index is 1.84. The summed E-state index contributed by atoms with van der Waals surface area (Å²) in [7, 11) is 0. The van der Waals surface area contributed by atoms with E-state index in [9.17, 15) is 4.79 Å². The van der Waals surface area contributed by atoms with Crippen LogP contribution in [0.5, 0.6) is 0 Å². The van der Waals surface area contributed by atoms with Gasteiger partial charge in [0, 0.05) is 15.5 Å². The molecule has 0 fully saturated rings. The molecule has 3 aromatic rings. The molecule has 2 aromatic heterocycles. The van der Waals surface area contributed by atoms with Gasteiger partial charge in [-0.05, 0) is 13.0 Å². The second kappa shape index (κ2) is 4.81. The maximum absolute atomic E-state index is 12.2. The summed E-state index contributed by atoms with van der Waals surface area (Å²) in [6.07, 6.45) is 1.25. The zero-order valence-electron chi connectivity index (χ0n) is 10.2. The summed E-state index contributed by atoms with van der Waals surface area (Å²) >= 11 is 1.56. The number of thiophene rings is 1. The third-order valence-electron chi connectivity index (χ3n) is 2.84. The van der Waals surface area contributed by atoms with Crippen LogP contribution in [0, 0.1) is 0 Å². The highest BCUT2D eigenvalue weighted by molar-refractivity contribution is 7.17. The van der Waals surface area contributed by atoms with Crippen molar-refractivity contribution in [1.82, 2.24) is 15.5 Å². The van der Waals surface area contributed by atoms with Crippen molar-refractivity contribution < 1.29 is 9.32 Å². The molecule has 1 N–H and O–H groups in total. The van der Waals surface area contributed by atoms with Crippen LogP contribution in [0.15, 0.2) is 40.6 Å². The average Bonchev–Trinajstić information content (AvgIpc) is 3.08. The summed E-state index contributed by atoms with van der Waals surface area (Å²) in [5.41, 5.74) is 0.677. The van der Waals surface area contributed by atoms with Crippen LogP contribution in [0.1, 0.15) is 29.1 Å². The molecule has 19 heavy (non-hydrogen) atoms. The SMILES string of the molecule is C[C@H](NC(=O)c1csc2ccccc12)c1ncon1. The Hall–Kier alpha value is -2.21. The van der Waals surface area contributed by atoms with E-state index in [-0.39, 0.29) is 11.9 Å². The highest BCUT2D eigenvalue weighted by Gasteiger charge is 2.17. The number of hydrogen-bond acceptors (Lipinski definition) is 5. The van der Waals surface area contributed by atoms with Gasteiger partial charge in [-0.2, -0.15) is 4.98 Å². The normalized spacial score (nSPS) is 12.5. The van der Waals surface area contributed by atoms with Crippen molar-refractivity contribution in [3.63, 3.8) is 0 Å². The van der Waals surface area contributed by atoms with E-state index in [4.69, 9.17) is 0 Å². The van der Waals surface area contributed by atoms with E-state index in [0.717, 1.165) is 10.1 Å². The van der Waals surface area contributed by atoms with Crippen LogP contribution in [0.25, 0.3) is 10.1 Å². The van der Waals surface area contributed by atoms with Gasteiger partial charge in [0.25, 0.3) is 5.91 Å². The molecule has 96 valence electrons. The number of hydrogen-bond donors (Lipinski definition) is 1. The van der Waals surface area contributed by atoms with Gasteiger partial charge in [0.15, 0.2) is 5.82 Å². The number of carbonyl (C=O) groups excluding carboxylic acids is 1. The minimum absolute atomic E-state index is 0.130. The smallest absolute Gasteiger partial charge is 0.253 e. The van der Waals surface area contributed by atoms with E-state index in [1.807, 2.05) is 36.6 Å². The fourth-order valence-corrected chi connectivity index (χ4v) is 2.80. The Labute approximate surface area is 113 Å². The topological polar surface area (TPSA) is 68.0 Å². The molecule has 1 atom stereocenters. The van der Waals surface area contributed by atoms with Gasteiger partial charge in [0.2, 0.25) is 6.39 Å². The van der Waals surface area contributed by atoms with Crippen LogP contribution >= 0.6 is 11.3 Å². The summed E-state index contributed by atoms with van der Waals surface area (Å²) in [6, 6.07) is 7.54. The number of nitrogens with one attached hydrogen (secondary N) is 1. The first-order chi connectivity index (χ1) is 9.25. The molecule has 0 aliphatic rings. The van der Waals surface area contributed by atoms with E-state index in [0.29, 0.717) is 11.4 Å². The van der Waals surface area contributed by atoms with Gasteiger partial charge in [0.1, 0.15) is 0 Å². The standard InChI is InChI=1S/C13H11N3O2S/c1-8(12-14-7-18-16-12)15-13(17)10-6-19-11-5-3-2-4-9(10)11/h2-8H,1H3,(H,15,17)/t8-/m0/s1. The van der Waals surface area contributed by atoms with E-state index in [1.54, 1.807) is 11.3 Å². The van der Waals surface area contributed by atoms with Crippen LogP contribution < -0.4 is 5.32 Å². The lowest BCUT2D eigenvalue weighted by atomic mass is 10.1. The van der Waals surface area contributed by atoms with Gasteiger partial charge in [-0.3, -0.25) is 4.79 Å². The second-order valence-electron chi connectivity index (χ2n) is 4.13. The van der Waals surface area contributed by atoms with E-state index >= 15 is 0 Å². The maximum Gasteiger partial charge on any atom is 0.253 e. The fourth-order valence-electron chi connectivity index (χ4n) is 1.86. The summed E-state index contributed by atoms with van der Waals surface area (Å²) in [5, 5.41) is 9.40. The van der Waals surface area contributed by atoms with Gasteiger partial charge in [-0.15, -0.1) is 11.3 Å². The highest BCUT2D eigenvalue weighted by atomic mass is 32.1. The maximum atomic E-state index is 12.2. The first kappa shape index (κ1) is 11.9. The molecule has 2 heterocycles. The lowest BCUT2D eigenvalue weighted by Gasteiger charge is -2.09. The molecular weight excluding hydrogens is 262 g/mol. The molecule has 5 nitrogen and oxygen atoms in total. The van der Waals surface area contributed by atoms with Crippen LogP contribution in [-0.4, -0.2) is 16.0 Å². The predicted molar refractivity (Wildman–Crippen MR) is 72.0 cm³/mol. The quantitative estimate of drug-likeness (QED) is 0.796. The van der Waals surface area contributed by atoms with Crippen molar-refractivity contribution >= 4 is 27.3 Å². The van der Waals surface area contributed by atoms with Gasteiger partial charge in [-0.1, -0.05) is 23.4 Å². The third-order valence-corrected chi connectivity index (χ3v) is 3.80. The molecule has 0 saturated carbocycles. The molecule has 0 aliphatic heterocycles. The number of fused-ring (bicyclic) bond motifs is 1. The molecule has 0 radical (unpaired) electrons. The molecule has 1 amide bonds. The molecule has 0 bridgehead atoms. The Kier molecular flexibility index (Phi) is 3.00. The minimum atomic E-state index is -0.287. The van der Waals surface area contributed by atoms with Gasteiger partial charge >= 0.3 is 0 Å². The summed E-state index contributed by atoms with van der Waals surface area (Å²) in [5.74, 6) is 0.336. The highest BCUT2D eigenvalue weighted by Crippen LogP contribution is 2.25. The Bertz CT molecular complexity index is 706. The summed E-state index contributed by atoms with van der Waals surface area (Å²) in [4.78, 5) is 16.2. The second-order valence-corrected chi connectivity index (χ2v) is 5.04. The van der Waals surface area contributed by atoms with Gasteiger partial charge in [0.05, 0.1) is 11.6 Å². The van der Waals surface area contributed by atoms with E-state index < -0.39 is 0 Å². The third kappa shape index (κ3) is 2.22. The Morgan fingerprint density at radius 2 is 2.26 bits per heavy atom. The zero-order valence-corrected chi connectivity index (χ0v) is 11.0. The monoisotopic (exact) mass is 273 g/mol. The minimum Gasteiger partial charge on any atom is -0.343 e. The van der Waals surface area contributed by atoms with E-state index in [1.165, 1.54) is 6.39 Å². The van der Waals surface area contributed by atoms with Crippen LogP contribution in [0.3, 0.4) is 0 Å². The number of rotatable bonds is 3. The lowest BCUT2D eigenvalue weighted by Crippen LogP contribution is -2.27. The lowest BCUT2D eigenvalue weighted by molar-refractivity contribution is 0.0940. The predicted octanol–water partition coefficient (Wildman–Crippen LogP) is 2.78. The Morgan fingerprint density at radius 1 is 1.42 bits per heavy atom. The van der Waals surface area contributed by atoms with Crippen LogP contribution in [-0.2, 0) is 0 Å². The molecule has 0 unspecified atom stereocenters. The van der Waals surface area contributed by atoms with Crippen molar-refractivity contribution in [2.24, 2.45) is 0 Å². The van der Waals surface area contributed by atoms with Gasteiger partial charge in [-0.25, -0.2) is 0 Å². The summed E-state index contributed by atoms with van der Waals surface area (Å²) in [6.45, 7) is 1.82. The molecule has 1 aromatic carbocycles. The van der Waals surface area contributed by atoms with Crippen molar-refractivity contribution in [2.75, 3.05) is 0 Å². The average molecular weight is 273 g/mol. The number of amides is 1. The van der Waals surface area contributed by atoms with Crippen LogP contribution in [0.4, 0.5) is 0 Å². The van der Waals surface area contributed by atoms with Crippen molar-refractivity contribution in [3.05, 3.63) is 47.4 Å². The van der Waals surface area contributed by atoms with Crippen molar-refractivity contribution in [1.29, 1.82) is 0 Å². The number of aromatic nitrogens is 2. The molecular formula is C13H11N3O2S. The molecule has 0 saturated heterocycles. The van der Waals surface area contributed by atoms with Gasteiger partial charge < -0.3 is 9.84 Å². The number of nitrogens with zero attached hydrogens (tertiary/aromatic N) is 2. The first-order valence-corrected chi connectivity index (χ1v) is 6.67. The van der Waals surface area contributed by atoms with Crippen molar-refractivity contribution in [2.45, 2.75) is 13.0 Å². The van der Waals surface area contributed by atoms with E-state index in [2.05, 4.69) is 20.0 Å². The van der Waals surface area contributed by atoms with Crippen LogP contribution in [0.2, 0.25) is 0 Å². The summed E-state index contributed by atoms with van der Waals surface area (Å²) < 4.78 is 5.76. The molecule has 0 aliphatic carbocycles. The zero-order chi connectivity index (χ0) is 13.2. The molecule has 0 spiro atoms. The largest absolute Gasteiger partial charge is 0.343 e. The molecule has 6 heteroatoms. The number of carbonyl (C=O) groups is 1. The molecule has 3 rings (SSSR count). The first-order valence-electron chi connectivity index (χ1n) is 5.79.